The van der Waals surface area contributed by atoms with E-state index in [0.717, 1.165) is 15.6 Å². The average molecular weight is 502 g/mol. The van der Waals surface area contributed by atoms with Gasteiger partial charge in [0.15, 0.2) is 0 Å². The minimum Gasteiger partial charge on any atom is -0.507 e. The Labute approximate surface area is 197 Å². The Morgan fingerprint density at radius 1 is 1.16 bits per heavy atom. The highest BCUT2D eigenvalue weighted by molar-refractivity contribution is 9.10. The van der Waals surface area contributed by atoms with E-state index in [1.807, 2.05) is 37.3 Å². The lowest BCUT2D eigenvalue weighted by atomic mass is 9.94. The number of rotatable bonds is 8. The van der Waals surface area contributed by atoms with Crippen molar-refractivity contribution in [1.82, 2.24) is 4.90 Å². The van der Waals surface area contributed by atoms with Crippen LogP contribution in [0.4, 0.5) is 0 Å². The van der Waals surface area contributed by atoms with Crippen molar-refractivity contribution in [3.63, 3.8) is 0 Å². The van der Waals surface area contributed by atoms with Crippen LogP contribution in [0.5, 0.6) is 5.75 Å². The number of benzene rings is 2. The molecule has 0 aromatic heterocycles. The molecule has 0 saturated carbocycles. The van der Waals surface area contributed by atoms with Crippen LogP contribution in [0.1, 0.15) is 36.6 Å². The van der Waals surface area contributed by atoms with E-state index < -0.39 is 17.7 Å². The number of nitrogens with zero attached hydrogens (tertiary/aromatic N) is 1. The molecule has 1 heterocycles. The van der Waals surface area contributed by atoms with Crippen LogP contribution >= 0.6 is 15.9 Å². The summed E-state index contributed by atoms with van der Waals surface area (Å²) in [5.74, 6) is -0.462. The molecule has 1 fully saturated rings. The number of aryl methyl sites for hydroxylation is 1. The highest BCUT2D eigenvalue weighted by Crippen LogP contribution is 2.40. The predicted octanol–water partition coefficient (Wildman–Crippen LogP) is 4.86. The zero-order valence-electron chi connectivity index (χ0n) is 18.7. The number of ketones is 1. The van der Waals surface area contributed by atoms with Crippen LogP contribution in [-0.4, -0.2) is 48.6 Å². The third kappa shape index (κ3) is 5.05. The molecule has 2 aromatic rings. The van der Waals surface area contributed by atoms with Gasteiger partial charge in [-0.25, -0.2) is 0 Å². The highest BCUT2D eigenvalue weighted by Gasteiger charge is 2.45. The van der Waals surface area contributed by atoms with Gasteiger partial charge in [-0.2, -0.15) is 0 Å². The standard InChI is InChI=1S/C25H28BrNO5/c1-15(2)14-32-19-9-10-20(16(3)13-19)23(28)21-22(17-5-7-18(26)8-6-17)27(11-12-31-4)25(30)24(21)29/h5-10,13,15,22,28H,11-12,14H2,1-4H3. The molecule has 0 radical (unpaired) electrons. The highest BCUT2D eigenvalue weighted by atomic mass is 79.9. The van der Waals surface area contributed by atoms with Gasteiger partial charge in [0.25, 0.3) is 11.7 Å². The zero-order chi connectivity index (χ0) is 23.4. The van der Waals surface area contributed by atoms with Gasteiger partial charge in [-0.05, 0) is 54.3 Å². The van der Waals surface area contributed by atoms with Crippen molar-refractivity contribution in [2.75, 3.05) is 26.9 Å². The monoisotopic (exact) mass is 501 g/mol. The lowest BCUT2D eigenvalue weighted by Crippen LogP contribution is -2.32. The Hall–Kier alpha value is -2.64. The smallest absolute Gasteiger partial charge is 0.295 e. The molecule has 2 aromatic carbocycles. The maximum Gasteiger partial charge on any atom is 0.295 e. The van der Waals surface area contributed by atoms with Gasteiger partial charge in [-0.1, -0.05) is 41.9 Å². The van der Waals surface area contributed by atoms with Gasteiger partial charge < -0.3 is 19.5 Å². The number of aliphatic hydroxyl groups is 1. The molecule has 1 unspecified atom stereocenters. The van der Waals surface area contributed by atoms with E-state index in [4.69, 9.17) is 9.47 Å². The minimum absolute atomic E-state index is 0.0763. The molecular formula is C25H28BrNO5. The summed E-state index contributed by atoms with van der Waals surface area (Å²) < 4.78 is 11.8. The number of Topliss-reactive ketones (excluding diaryl/α,β-unsaturated/α-hetero) is 1. The summed E-state index contributed by atoms with van der Waals surface area (Å²) in [4.78, 5) is 27.3. The fraction of sp³-hybridized carbons (Fsp3) is 0.360. The molecular weight excluding hydrogens is 474 g/mol. The van der Waals surface area contributed by atoms with Gasteiger partial charge in [0.1, 0.15) is 11.5 Å². The van der Waals surface area contributed by atoms with E-state index in [0.29, 0.717) is 23.8 Å². The number of aliphatic hydroxyl groups excluding tert-OH is 1. The second-order valence-electron chi connectivity index (χ2n) is 8.22. The van der Waals surface area contributed by atoms with Gasteiger partial charge in [0.05, 0.1) is 24.8 Å². The number of methoxy groups -OCH3 is 1. The summed E-state index contributed by atoms with van der Waals surface area (Å²) in [6.45, 7) is 7.07. The second kappa shape index (κ2) is 10.3. The van der Waals surface area contributed by atoms with Crippen molar-refractivity contribution in [2.45, 2.75) is 26.8 Å². The summed E-state index contributed by atoms with van der Waals surface area (Å²) >= 11 is 3.41. The van der Waals surface area contributed by atoms with E-state index in [1.54, 1.807) is 12.1 Å². The van der Waals surface area contributed by atoms with Crippen molar-refractivity contribution < 1.29 is 24.2 Å². The molecule has 6 nitrogen and oxygen atoms in total. The number of carbonyl (C=O) groups excluding carboxylic acids is 2. The molecule has 7 heteroatoms. The van der Waals surface area contributed by atoms with Crippen molar-refractivity contribution in [3.8, 4) is 5.75 Å². The molecule has 170 valence electrons. The summed E-state index contributed by atoms with van der Waals surface area (Å²) in [5.41, 5.74) is 2.06. The van der Waals surface area contributed by atoms with Gasteiger partial charge >= 0.3 is 0 Å². The van der Waals surface area contributed by atoms with Gasteiger partial charge in [-0.15, -0.1) is 0 Å². The first kappa shape index (κ1) is 24.0. The third-order valence-corrected chi connectivity index (χ3v) is 5.83. The van der Waals surface area contributed by atoms with Crippen molar-refractivity contribution in [1.29, 1.82) is 0 Å². The van der Waals surface area contributed by atoms with Crippen LogP contribution in [0, 0.1) is 12.8 Å². The van der Waals surface area contributed by atoms with E-state index in [1.165, 1.54) is 12.0 Å². The molecule has 1 saturated heterocycles. The molecule has 1 aliphatic heterocycles. The first-order chi connectivity index (χ1) is 15.2. The molecule has 0 bridgehead atoms. The third-order valence-electron chi connectivity index (χ3n) is 5.30. The van der Waals surface area contributed by atoms with Crippen LogP contribution in [0.15, 0.2) is 52.5 Å². The molecule has 0 spiro atoms. The first-order valence-electron chi connectivity index (χ1n) is 10.5. The quantitative estimate of drug-likeness (QED) is 0.317. The summed E-state index contributed by atoms with van der Waals surface area (Å²) in [5, 5.41) is 11.2. The molecule has 3 rings (SSSR count). The fourth-order valence-electron chi connectivity index (χ4n) is 3.69. The maximum absolute atomic E-state index is 13.0. The predicted molar refractivity (Wildman–Crippen MR) is 127 cm³/mol. The molecule has 1 N–H and O–H groups in total. The lowest BCUT2D eigenvalue weighted by molar-refractivity contribution is -0.140. The Morgan fingerprint density at radius 2 is 1.84 bits per heavy atom. The van der Waals surface area contributed by atoms with Crippen LogP contribution in [0.2, 0.25) is 0 Å². The molecule has 32 heavy (non-hydrogen) atoms. The van der Waals surface area contributed by atoms with Crippen LogP contribution < -0.4 is 4.74 Å². The number of carbonyl (C=O) groups is 2. The summed E-state index contributed by atoms with van der Waals surface area (Å²) in [7, 11) is 1.54. The Kier molecular flexibility index (Phi) is 7.74. The largest absolute Gasteiger partial charge is 0.507 e. The summed E-state index contributed by atoms with van der Waals surface area (Å²) in [6, 6.07) is 12.0. The number of hydrogen-bond acceptors (Lipinski definition) is 5. The molecule has 1 amide bonds. The average Bonchev–Trinajstić information content (AvgIpc) is 3.01. The van der Waals surface area contributed by atoms with E-state index in [-0.39, 0.29) is 24.5 Å². The number of likely N-dealkylation sites (tertiary alicyclic amines) is 1. The number of hydrogen-bond donors (Lipinski definition) is 1. The Balaban J connectivity index is 2.07. The van der Waals surface area contributed by atoms with Crippen LogP contribution in [0.25, 0.3) is 5.76 Å². The number of ether oxygens (including phenoxy) is 2. The maximum atomic E-state index is 13.0. The second-order valence-corrected chi connectivity index (χ2v) is 9.13. The van der Waals surface area contributed by atoms with Crippen molar-refractivity contribution >= 4 is 33.4 Å². The number of amides is 1. The summed E-state index contributed by atoms with van der Waals surface area (Å²) in [6.07, 6.45) is 0. The van der Waals surface area contributed by atoms with E-state index >= 15 is 0 Å². The number of halogens is 1. The Bertz CT molecular complexity index is 1030. The van der Waals surface area contributed by atoms with Gasteiger partial charge in [-0.3, -0.25) is 9.59 Å². The van der Waals surface area contributed by atoms with Gasteiger partial charge in [0, 0.05) is 23.7 Å². The SMILES string of the molecule is COCCN1C(=O)C(=O)C(=C(O)c2ccc(OCC(C)C)cc2C)C1c1ccc(Br)cc1. The van der Waals surface area contributed by atoms with Crippen LogP contribution in [0.3, 0.4) is 0 Å². The normalized spacial score (nSPS) is 17.9. The minimum atomic E-state index is -0.703. The Morgan fingerprint density at radius 3 is 2.44 bits per heavy atom. The van der Waals surface area contributed by atoms with E-state index in [9.17, 15) is 14.7 Å². The molecule has 1 aliphatic rings. The zero-order valence-corrected chi connectivity index (χ0v) is 20.3. The van der Waals surface area contributed by atoms with Gasteiger partial charge in [0.2, 0.25) is 0 Å². The molecule has 0 aliphatic carbocycles. The van der Waals surface area contributed by atoms with E-state index in [2.05, 4.69) is 29.8 Å². The lowest BCUT2D eigenvalue weighted by Gasteiger charge is -2.25. The van der Waals surface area contributed by atoms with Crippen LogP contribution in [-0.2, 0) is 14.3 Å². The van der Waals surface area contributed by atoms with Crippen molar-refractivity contribution in [3.05, 3.63) is 69.2 Å². The van der Waals surface area contributed by atoms with Crippen molar-refractivity contribution in [2.24, 2.45) is 5.92 Å². The molecule has 1 atom stereocenters. The fourth-order valence-corrected chi connectivity index (χ4v) is 3.96. The first-order valence-corrected chi connectivity index (χ1v) is 11.3. The topological polar surface area (TPSA) is 76.1 Å².